The molecule has 2 saturated heterocycles. The van der Waals surface area contributed by atoms with E-state index in [2.05, 4.69) is 14.8 Å². The Bertz CT molecular complexity index is 674. The molecule has 0 unspecified atom stereocenters. The molecule has 2 fully saturated rings. The minimum Gasteiger partial charge on any atom is -0.468 e. The van der Waals surface area contributed by atoms with Gasteiger partial charge in [0.05, 0.1) is 24.1 Å². The van der Waals surface area contributed by atoms with Crippen LogP contribution in [0.15, 0.2) is 47.2 Å². The van der Waals surface area contributed by atoms with Gasteiger partial charge in [0, 0.05) is 25.3 Å². The molecule has 26 heavy (non-hydrogen) atoms. The Morgan fingerprint density at radius 3 is 2.88 bits per heavy atom. The summed E-state index contributed by atoms with van der Waals surface area (Å²) in [7, 11) is 0. The van der Waals surface area contributed by atoms with Crippen LogP contribution in [0, 0.1) is 0 Å². The van der Waals surface area contributed by atoms with E-state index in [1.54, 1.807) is 6.26 Å². The lowest BCUT2D eigenvalue weighted by molar-refractivity contribution is -0.111. The van der Waals surface area contributed by atoms with Gasteiger partial charge >= 0.3 is 0 Å². The molecule has 2 aromatic rings. The average molecular weight is 355 g/mol. The van der Waals surface area contributed by atoms with Crippen molar-refractivity contribution in [1.82, 2.24) is 14.8 Å². The van der Waals surface area contributed by atoms with E-state index >= 15 is 0 Å². The molecule has 0 aromatic carbocycles. The zero-order valence-electron chi connectivity index (χ0n) is 15.4. The predicted molar refractivity (Wildman–Crippen MR) is 100 cm³/mol. The molecular formula is C21H29N3O2. The number of aliphatic hydroxyl groups is 1. The van der Waals surface area contributed by atoms with Crippen LogP contribution in [-0.2, 0) is 13.1 Å². The summed E-state index contributed by atoms with van der Waals surface area (Å²) >= 11 is 0. The van der Waals surface area contributed by atoms with Crippen molar-refractivity contribution in [2.45, 2.75) is 56.8 Å². The van der Waals surface area contributed by atoms with E-state index in [4.69, 9.17) is 4.42 Å². The second-order valence-electron chi connectivity index (χ2n) is 7.80. The second-order valence-corrected chi connectivity index (χ2v) is 7.80. The van der Waals surface area contributed by atoms with Crippen LogP contribution in [0.3, 0.4) is 0 Å². The third-order valence-electron chi connectivity index (χ3n) is 5.86. The van der Waals surface area contributed by atoms with E-state index in [1.807, 2.05) is 36.5 Å². The normalized spacial score (nSPS) is 26.8. The van der Waals surface area contributed by atoms with Gasteiger partial charge < -0.3 is 9.52 Å². The molecule has 2 atom stereocenters. The third kappa shape index (κ3) is 4.00. The van der Waals surface area contributed by atoms with Crippen molar-refractivity contribution < 1.29 is 9.52 Å². The summed E-state index contributed by atoms with van der Waals surface area (Å²) in [6, 6.07) is 10.2. The molecule has 1 N–H and O–H groups in total. The van der Waals surface area contributed by atoms with Crippen molar-refractivity contribution in [3.8, 4) is 0 Å². The lowest BCUT2D eigenvalue weighted by Crippen LogP contribution is -2.62. The van der Waals surface area contributed by atoms with E-state index in [9.17, 15) is 5.11 Å². The predicted octanol–water partition coefficient (Wildman–Crippen LogP) is 3.06. The van der Waals surface area contributed by atoms with E-state index in [1.165, 1.54) is 12.8 Å². The molecule has 5 nitrogen and oxygen atoms in total. The topological polar surface area (TPSA) is 52.7 Å². The molecule has 0 spiro atoms. The van der Waals surface area contributed by atoms with Gasteiger partial charge in [0.15, 0.2) is 0 Å². The number of fused-ring (bicyclic) bond motifs is 1. The molecule has 5 heteroatoms. The molecule has 4 heterocycles. The summed E-state index contributed by atoms with van der Waals surface area (Å²) in [5.74, 6) is 0.931. The van der Waals surface area contributed by atoms with Gasteiger partial charge in [-0.1, -0.05) is 12.5 Å². The lowest BCUT2D eigenvalue weighted by Gasteiger charge is -2.50. The first-order valence-electron chi connectivity index (χ1n) is 9.84. The van der Waals surface area contributed by atoms with E-state index in [0.29, 0.717) is 13.1 Å². The molecule has 0 radical (unpaired) electrons. The van der Waals surface area contributed by atoms with Crippen molar-refractivity contribution >= 4 is 0 Å². The summed E-state index contributed by atoms with van der Waals surface area (Å²) in [6.07, 6.45) is 9.09. The Kier molecular flexibility index (Phi) is 5.38. The summed E-state index contributed by atoms with van der Waals surface area (Å²) in [4.78, 5) is 9.28. The smallest absolute Gasteiger partial charge is 0.117 e. The summed E-state index contributed by atoms with van der Waals surface area (Å²) in [6.45, 7) is 4.33. The van der Waals surface area contributed by atoms with Crippen LogP contribution < -0.4 is 0 Å². The number of aromatic nitrogens is 1. The molecule has 0 bridgehead atoms. The summed E-state index contributed by atoms with van der Waals surface area (Å²) in [5.41, 5.74) is 0.374. The molecular weight excluding hydrogens is 326 g/mol. The Labute approximate surface area is 155 Å². The number of nitrogens with zero attached hydrogens (tertiary/aromatic N) is 3. The Morgan fingerprint density at radius 1 is 1.15 bits per heavy atom. The van der Waals surface area contributed by atoms with Crippen molar-refractivity contribution in [3.05, 3.63) is 54.2 Å². The Balaban J connectivity index is 1.52. The fourth-order valence-electron chi connectivity index (χ4n) is 4.71. The highest BCUT2D eigenvalue weighted by Gasteiger charge is 2.44. The molecule has 0 saturated carbocycles. The van der Waals surface area contributed by atoms with E-state index < -0.39 is 5.60 Å². The van der Waals surface area contributed by atoms with Crippen LogP contribution in [-0.4, -0.2) is 51.2 Å². The van der Waals surface area contributed by atoms with Gasteiger partial charge in [-0.25, -0.2) is 0 Å². The van der Waals surface area contributed by atoms with Gasteiger partial charge in [0.2, 0.25) is 0 Å². The van der Waals surface area contributed by atoms with Crippen LogP contribution in [0.1, 0.15) is 43.6 Å². The van der Waals surface area contributed by atoms with Gasteiger partial charge in [-0.2, -0.15) is 0 Å². The Hall–Kier alpha value is -1.69. The first-order chi connectivity index (χ1) is 12.7. The summed E-state index contributed by atoms with van der Waals surface area (Å²) in [5, 5.41) is 11.6. The van der Waals surface area contributed by atoms with Gasteiger partial charge in [-0.3, -0.25) is 14.8 Å². The maximum Gasteiger partial charge on any atom is 0.117 e. The van der Waals surface area contributed by atoms with Crippen molar-refractivity contribution in [3.63, 3.8) is 0 Å². The third-order valence-corrected chi connectivity index (χ3v) is 5.86. The largest absolute Gasteiger partial charge is 0.468 e. The van der Waals surface area contributed by atoms with Crippen LogP contribution in [0.2, 0.25) is 0 Å². The van der Waals surface area contributed by atoms with E-state index in [0.717, 1.165) is 50.4 Å². The zero-order valence-corrected chi connectivity index (χ0v) is 15.4. The second kappa shape index (κ2) is 7.91. The highest BCUT2D eigenvalue weighted by Crippen LogP contribution is 2.35. The molecule has 2 aliphatic rings. The van der Waals surface area contributed by atoms with Gasteiger partial charge in [0.1, 0.15) is 5.76 Å². The average Bonchev–Trinajstić information content (AvgIpc) is 3.16. The fourth-order valence-corrected chi connectivity index (χ4v) is 4.71. The van der Waals surface area contributed by atoms with Crippen molar-refractivity contribution in [2.24, 2.45) is 0 Å². The number of pyridine rings is 1. The SMILES string of the molecule is O[C@@]1(CN(Cc2ccccn2)Cc2ccco2)CCCN2CCCC[C@@H]21. The minimum atomic E-state index is -0.653. The Morgan fingerprint density at radius 2 is 2.08 bits per heavy atom. The number of piperidine rings is 2. The number of hydrogen-bond acceptors (Lipinski definition) is 5. The monoisotopic (exact) mass is 355 g/mol. The molecule has 0 aliphatic carbocycles. The first-order valence-corrected chi connectivity index (χ1v) is 9.84. The van der Waals surface area contributed by atoms with Crippen LogP contribution in [0.4, 0.5) is 0 Å². The van der Waals surface area contributed by atoms with Crippen molar-refractivity contribution in [2.75, 3.05) is 19.6 Å². The van der Waals surface area contributed by atoms with E-state index in [-0.39, 0.29) is 6.04 Å². The molecule has 2 aliphatic heterocycles. The zero-order chi connectivity index (χ0) is 17.8. The first kappa shape index (κ1) is 17.7. The van der Waals surface area contributed by atoms with Gasteiger partial charge in [-0.15, -0.1) is 0 Å². The number of rotatable bonds is 6. The highest BCUT2D eigenvalue weighted by molar-refractivity contribution is 5.07. The van der Waals surface area contributed by atoms with Crippen LogP contribution in [0.5, 0.6) is 0 Å². The lowest BCUT2D eigenvalue weighted by atomic mass is 9.79. The van der Waals surface area contributed by atoms with Crippen LogP contribution in [0.25, 0.3) is 0 Å². The number of furan rings is 1. The summed E-state index contributed by atoms with van der Waals surface area (Å²) < 4.78 is 5.58. The number of hydrogen-bond donors (Lipinski definition) is 1. The quantitative estimate of drug-likeness (QED) is 0.863. The fraction of sp³-hybridized carbons (Fsp3) is 0.571. The standard InChI is InChI=1S/C21H29N3O2/c25-21(10-6-13-24-12-4-2-9-20(21)24)17-23(16-19-8-5-14-26-19)15-18-7-1-3-11-22-18/h1,3,5,7-8,11,14,20,25H,2,4,6,9-10,12-13,15-17H2/t20-,21-/m1/s1. The molecule has 4 rings (SSSR count). The molecule has 0 amide bonds. The highest BCUT2D eigenvalue weighted by atomic mass is 16.3. The van der Waals surface area contributed by atoms with Gasteiger partial charge in [0.25, 0.3) is 0 Å². The van der Waals surface area contributed by atoms with Gasteiger partial charge in [-0.05, 0) is 63.0 Å². The van der Waals surface area contributed by atoms with Crippen LogP contribution >= 0.6 is 0 Å². The maximum atomic E-state index is 11.6. The van der Waals surface area contributed by atoms with Crippen molar-refractivity contribution in [1.29, 1.82) is 0 Å². The molecule has 140 valence electrons. The molecule has 2 aromatic heterocycles. The maximum absolute atomic E-state index is 11.6. The minimum absolute atomic E-state index is 0.285.